The van der Waals surface area contributed by atoms with Crippen LogP contribution in [0.15, 0.2) is 30.3 Å². The zero-order chi connectivity index (χ0) is 11.2. The molecule has 1 aromatic heterocycles. The van der Waals surface area contributed by atoms with Crippen LogP contribution in [0.3, 0.4) is 0 Å². The summed E-state index contributed by atoms with van der Waals surface area (Å²) in [6.07, 6.45) is 2.04. The summed E-state index contributed by atoms with van der Waals surface area (Å²) >= 11 is 0. The van der Waals surface area contributed by atoms with Crippen LogP contribution in [0.25, 0.3) is 11.3 Å². The van der Waals surface area contributed by atoms with Gasteiger partial charge >= 0.3 is 0 Å². The highest BCUT2D eigenvalue weighted by Gasteiger charge is 2.41. The maximum absolute atomic E-state index is 9.20. The molecule has 0 radical (unpaired) electrons. The fourth-order valence-electron chi connectivity index (χ4n) is 1.76. The number of aromatic nitrogens is 2. The van der Waals surface area contributed by atoms with Gasteiger partial charge in [0.05, 0.1) is 16.9 Å². The molecule has 0 atom stereocenters. The normalized spacial score (nSPS) is 17.3. The minimum absolute atomic E-state index is 0.178. The predicted molar refractivity (Wildman–Crippen MR) is 60.8 cm³/mol. The minimum atomic E-state index is -0.178. The summed E-state index contributed by atoms with van der Waals surface area (Å²) in [6.45, 7) is 0. The van der Waals surface area contributed by atoms with Gasteiger partial charge in [-0.2, -0.15) is 5.10 Å². The van der Waals surface area contributed by atoms with Crippen molar-refractivity contribution < 1.29 is 5.11 Å². The summed E-state index contributed by atoms with van der Waals surface area (Å²) in [5.74, 6) is 0.261. The lowest BCUT2D eigenvalue weighted by atomic mass is 10.1. The predicted octanol–water partition coefficient (Wildman–Crippen LogP) is 1.73. The Morgan fingerprint density at radius 3 is 2.56 bits per heavy atom. The molecule has 82 valence electrons. The molecule has 0 bridgehead atoms. The summed E-state index contributed by atoms with van der Waals surface area (Å²) in [5.41, 5.74) is 8.73. The highest BCUT2D eigenvalue weighted by atomic mass is 16.3. The first-order valence-electron chi connectivity index (χ1n) is 5.32. The fourth-order valence-corrected chi connectivity index (χ4v) is 1.76. The summed E-state index contributed by atoms with van der Waals surface area (Å²) in [5, 5.41) is 16.4. The van der Waals surface area contributed by atoms with E-state index >= 15 is 0 Å². The van der Waals surface area contributed by atoms with Crippen LogP contribution >= 0.6 is 0 Å². The smallest absolute Gasteiger partial charge is 0.115 e. The fraction of sp³-hybridized carbons (Fsp3) is 0.250. The van der Waals surface area contributed by atoms with Crippen LogP contribution in [-0.2, 0) is 5.54 Å². The highest BCUT2D eigenvalue weighted by Crippen LogP contribution is 2.42. The summed E-state index contributed by atoms with van der Waals surface area (Å²) in [7, 11) is 0. The quantitative estimate of drug-likeness (QED) is 0.714. The lowest BCUT2D eigenvalue weighted by Gasteiger charge is -2.02. The Hall–Kier alpha value is -1.81. The van der Waals surface area contributed by atoms with Crippen molar-refractivity contribution in [3.63, 3.8) is 0 Å². The Morgan fingerprint density at radius 2 is 1.94 bits per heavy atom. The molecule has 0 spiro atoms. The van der Waals surface area contributed by atoms with Crippen molar-refractivity contribution in [2.45, 2.75) is 18.4 Å². The number of nitrogens with two attached hydrogens (primary N) is 1. The van der Waals surface area contributed by atoms with E-state index in [0.29, 0.717) is 0 Å². The molecular formula is C12H13N3O. The maximum atomic E-state index is 9.20. The second kappa shape index (κ2) is 3.09. The molecular weight excluding hydrogens is 202 g/mol. The van der Waals surface area contributed by atoms with Crippen molar-refractivity contribution in [3.05, 3.63) is 36.0 Å². The largest absolute Gasteiger partial charge is 0.508 e. The van der Waals surface area contributed by atoms with Crippen LogP contribution in [0, 0.1) is 0 Å². The number of aromatic amines is 1. The molecule has 0 aliphatic heterocycles. The molecule has 0 saturated heterocycles. The van der Waals surface area contributed by atoms with Crippen LogP contribution in [0.1, 0.15) is 18.5 Å². The van der Waals surface area contributed by atoms with E-state index in [1.54, 1.807) is 12.1 Å². The second-order valence-electron chi connectivity index (χ2n) is 4.37. The molecule has 1 aliphatic rings. The van der Waals surface area contributed by atoms with Gasteiger partial charge in [0.1, 0.15) is 5.75 Å². The average molecular weight is 215 g/mol. The van der Waals surface area contributed by atoms with Crippen LogP contribution in [0.4, 0.5) is 0 Å². The second-order valence-corrected chi connectivity index (χ2v) is 4.37. The molecule has 1 aliphatic carbocycles. The molecule has 4 nitrogen and oxygen atoms in total. The third-order valence-corrected chi connectivity index (χ3v) is 3.07. The van der Waals surface area contributed by atoms with Crippen LogP contribution in [-0.4, -0.2) is 15.3 Å². The number of hydrogen-bond acceptors (Lipinski definition) is 3. The van der Waals surface area contributed by atoms with Gasteiger partial charge in [-0.05, 0) is 43.2 Å². The molecule has 1 saturated carbocycles. The van der Waals surface area contributed by atoms with Gasteiger partial charge in [-0.1, -0.05) is 0 Å². The Balaban J connectivity index is 1.95. The van der Waals surface area contributed by atoms with Crippen LogP contribution in [0.5, 0.6) is 5.75 Å². The van der Waals surface area contributed by atoms with Gasteiger partial charge in [0.15, 0.2) is 0 Å². The van der Waals surface area contributed by atoms with E-state index in [0.717, 1.165) is 29.8 Å². The van der Waals surface area contributed by atoms with E-state index < -0.39 is 0 Å². The van der Waals surface area contributed by atoms with Gasteiger partial charge in [-0.15, -0.1) is 0 Å². The third kappa shape index (κ3) is 1.47. The molecule has 3 rings (SSSR count). The number of aromatic hydroxyl groups is 1. The van der Waals surface area contributed by atoms with E-state index in [2.05, 4.69) is 10.2 Å². The third-order valence-electron chi connectivity index (χ3n) is 3.07. The number of nitrogens with zero attached hydrogens (tertiary/aromatic N) is 1. The van der Waals surface area contributed by atoms with Gasteiger partial charge in [-0.25, -0.2) is 0 Å². The number of rotatable bonds is 2. The maximum Gasteiger partial charge on any atom is 0.115 e. The summed E-state index contributed by atoms with van der Waals surface area (Å²) in [6, 6.07) is 8.97. The number of nitrogens with one attached hydrogen (secondary N) is 1. The molecule has 1 fully saturated rings. The molecule has 2 aromatic rings. The lowest BCUT2D eigenvalue weighted by molar-refractivity contribution is 0.475. The summed E-state index contributed by atoms with van der Waals surface area (Å²) in [4.78, 5) is 0. The number of H-pyrrole nitrogens is 1. The van der Waals surface area contributed by atoms with E-state index in [1.807, 2.05) is 18.2 Å². The van der Waals surface area contributed by atoms with E-state index in [-0.39, 0.29) is 11.3 Å². The first kappa shape index (κ1) is 9.42. The van der Waals surface area contributed by atoms with Gasteiger partial charge in [-0.3, -0.25) is 5.10 Å². The van der Waals surface area contributed by atoms with Crippen molar-refractivity contribution in [1.29, 1.82) is 0 Å². The molecule has 4 N–H and O–H groups in total. The zero-order valence-corrected chi connectivity index (χ0v) is 8.77. The first-order valence-corrected chi connectivity index (χ1v) is 5.32. The van der Waals surface area contributed by atoms with Crippen molar-refractivity contribution in [2.24, 2.45) is 5.73 Å². The van der Waals surface area contributed by atoms with Crippen molar-refractivity contribution >= 4 is 0 Å². The summed E-state index contributed by atoms with van der Waals surface area (Å²) < 4.78 is 0. The van der Waals surface area contributed by atoms with Crippen LogP contribution < -0.4 is 5.73 Å². The molecule has 0 amide bonds. The molecule has 1 heterocycles. The van der Waals surface area contributed by atoms with Gasteiger partial charge in [0.2, 0.25) is 0 Å². The Bertz CT molecular complexity index is 511. The van der Waals surface area contributed by atoms with Gasteiger partial charge in [0.25, 0.3) is 0 Å². The van der Waals surface area contributed by atoms with E-state index in [1.165, 1.54) is 0 Å². The zero-order valence-electron chi connectivity index (χ0n) is 8.77. The standard InChI is InChI=1S/C12H13N3O/c13-12(5-6-12)11-7-10(14-15-11)8-1-3-9(16)4-2-8/h1-4,7,16H,5-6,13H2,(H,14,15). The molecule has 0 unspecified atom stereocenters. The Morgan fingerprint density at radius 1 is 1.25 bits per heavy atom. The van der Waals surface area contributed by atoms with Gasteiger partial charge < -0.3 is 10.8 Å². The molecule has 16 heavy (non-hydrogen) atoms. The molecule has 4 heteroatoms. The van der Waals surface area contributed by atoms with Gasteiger partial charge in [0, 0.05) is 5.56 Å². The monoisotopic (exact) mass is 215 g/mol. The Kier molecular flexibility index (Phi) is 1.82. The Labute approximate surface area is 93.1 Å². The van der Waals surface area contributed by atoms with Crippen molar-refractivity contribution in [1.82, 2.24) is 10.2 Å². The first-order chi connectivity index (χ1) is 7.67. The highest BCUT2D eigenvalue weighted by molar-refractivity contribution is 5.60. The van der Waals surface area contributed by atoms with E-state index in [9.17, 15) is 5.11 Å². The van der Waals surface area contributed by atoms with E-state index in [4.69, 9.17) is 5.73 Å². The topological polar surface area (TPSA) is 74.9 Å². The minimum Gasteiger partial charge on any atom is -0.508 e. The number of phenolic OH excluding ortho intramolecular Hbond substituents is 1. The number of benzene rings is 1. The lowest BCUT2D eigenvalue weighted by Crippen LogP contribution is -2.18. The van der Waals surface area contributed by atoms with Crippen molar-refractivity contribution in [2.75, 3.05) is 0 Å². The molecule has 1 aromatic carbocycles. The number of phenols is 1. The van der Waals surface area contributed by atoms with Crippen molar-refractivity contribution in [3.8, 4) is 17.0 Å². The SMILES string of the molecule is NC1(c2cc(-c3ccc(O)cc3)n[nH]2)CC1. The van der Waals surface area contributed by atoms with Crippen LogP contribution in [0.2, 0.25) is 0 Å². The number of hydrogen-bond donors (Lipinski definition) is 3. The average Bonchev–Trinajstić information content (AvgIpc) is 2.84.